The normalized spacial score (nSPS) is 12.6. The van der Waals surface area contributed by atoms with Gasteiger partial charge in [0, 0.05) is 6.04 Å². The lowest BCUT2D eigenvalue weighted by Crippen LogP contribution is -2.41. The standard InChI is InChI=1S/C19H23NO4/c1-19(2,3)24-18(23)20-15(12-17(21)22)11-14-9-6-8-13-7-4-5-10-16(13)14/h4-10,15H,11-12H2,1-3H3,(H,20,23)(H,21,22)/t15-/m0/s1. The number of hydrogen-bond donors (Lipinski definition) is 2. The first-order valence-corrected chi connectivity index (χ1v) is 7.92. The zero-order valence-electron chi connectivity index (χ0n) is 14.2. The summed E-state index contributed by atoms with van der Waals surface area (Å²) < 4.78 is 5.23. The van der Waals surface area contributed by atoms with Gasteiger partial charge in [-0.2, -0.15) is 0 Å². The van der Waals surface area contributed by atoms with Crippen LogP contribution in [0.4, 0.5) is 4.79 Å². The van der Waals surface area contributed by atoms with Gasteiger partial charge in [-0.1, -0.05) is 42.5 Å². The van der Waals surface area contributed by atoms with E-state index in [1.165, 1.54) is 0 Å². The van der Waals surface area contributed by atoms with E-state index in [4.69, 9.17) is 9.84 Å². The predicted octanol–water partition coefficient (Wildman–Crippen LogP) is 3.75. The van der Waals surface area contributed by atoms with Gasteiger partial charge in [0.25, 0.3) is 0 Å². The Hall–Kier alpha value is -2.56. The summed E-state index contributed by atoms with van der Waals surface area (Å²) in [6, 6.07) is 13.3. The number of ether oxygens (including phenoxy) is 1. The molecule has 2 N–H and O–H groups in total. The van der Waals surface area contributed by atoms with Gasteiger partial charge in [-0.25, -0.2) is 4.79 Å². The molecule has 0 saturated carbocycles. The highest BCUT2D eigenvalue weighted by Crippen LogP contribution is 2.20. The average molecular weight is 329 g/mol. The fourth-order valence-electron chi connectivity index (χ4n) is 2.60. The quantitative estimate of drug-likeness (QED) is 0.876. The first-order chi connectivity index (χ1) is 11.2. The van der Waals surface area contributed by atoms with Crippen LogP contribution < -0.4 is 5.32 Å². The lowest BCUT2D eigenvalue weighted by atomic mass is 9.97. The van der Waals surface area contributed by atoms with E-state index < -0.39 is 23.7 Å². The Labute approximate surface area is 141 Å². The van der Waals surface area contributed by atoms with Crippen LogP contribution in [0.3, 0.4) is 0 Å². The SMILES string of the molecule is CC(C)(C)OC(=O)N[C@H](CC(=O)O)Cc1cccc2ccccc12. The highest BCUT2D eigenvalue weighted by molar-refractivity contribution is 5.85. The Morgan fingerprint density at radius 3 is 2.46 bits per heavy atom. The third kappa shape index (κ3) is 5.26. The summed E-state index contributed by atoms with van der Waals surface area (Å²) in [6.07, 6.45) is -0.344. The number of hydrogen-bond acceptors (Lipinski definition) is 3. The summed E-state index contributed by atoms with van der Waals surface area (Å²) in [5.74, 6) is -0.962. The summed E-state index contributed by atoms with van der Waals surface area (Å²) in [4.78, 5) is 23.1. The molecule has 5 heteroatoms. The van der Waals surface area contributed by atoms with E-state index in [1.54, 1.807) is 20.8 Å². The second kappa shape index (κ2) is 7.34. The van der Waals surface area contributed by atoms with Crippen molar-refractivity contribution in [3.63, 3.8) is 0 Å². The molecule has 5 nitrogen and oxygen atoms in total. The number of aliphatic carboxylic acids is 1. The highest BCUT2D eigenvalue weighted by Gasteiger charge is 2.22. The maximum absolute atomic E-state index is 12.0. The van der Waals surface area contributed by atoms with Crippen molar-refractivity contribution < 1.29 is 19.4 Å². The van der Waals surface area contributed by atoms with Gasteiger partial charge in [0.15, 0.2) is 0 Å². The zero-order valence-corrected chi connectivity index (χ0v) is 14.2. The van der Waals surface area contributed by atoms with Crippen molar-refractivity contribution in [3.8, 4) is 0 Å². The molecule has 0 aliphatic heterocycles. The van der Waals surface area contributed by atoms with Crippen LogP contribution in [-0.2, 0) is 16.0 Å². The molecule has 0 spiro atoms. The van der Waals surface area contributed by atoms with Crippen molar-refractivity contribution in [2.75, 3.05) is 0 Å². The molecule has 24 heavy (non-hydrogen) atoms. The van der Waals surface area contributed by atoms with Crippen LogP contribution in [0.2, 0.25) is 0 Å². The van der Waals surface area contributed by atoms with E-state index in [0.29, 0.717) is 6.42 Å². The number of nitrogens with one attached hydrogen (secondary N) is 1. The molecule has 0 saturated heterocycles. The van der Waals surface area contributed by atoms with E-state index in [9.17, 15) is 9.59 Å². The maximum Gasteiger partial charge on any atom is 0.407 e. The number of rotatable bonds is 5. The van der Waals surface area contributed by atoms with Gasteiger partial charge < -0.3 is 15.2 Å². The average Bonchev–Trinajstić information content (AvgIpc) is 2.44. The van der Waals surface area contributed by atoms with Gasteiger partial charge >= 0.3 is 12.1 Å². The Balaban J connectivity index is 2.19. The van der Waals surface area contributed by atoms with Crippen LogP contribution in [0.1, 0.15) is 32.8 Å². The fraction of sp³-hybridized carbons (Fsp3) is 0.368. The Bertz CT molecular complexity index is 728. The summed E-state index contributed by atoms with van der Waals surface area (Å²) in [7, 11) is 0. The lowest BCUT2D eigenvalue weighted by Gasteiger charge is -2.23. The van der Waals surface area contributed by atoms with Crippen molar-refractivity contribution in [2.45, 2.75) is 45.3 Å². The van der Waals surface area contributed by atoms with Crippen molar-refractivity contribution >= 4 is 22.8 Å². The summed E-state index contributed by atoms with van der Waals surface area (Å²) in [6.45, 7) is 5.30. The first-order valence-electron chi connectivity index (χ1n) is 7.92. The maximum atomic E-state index is 12.0. The lowest BCUT2D eigenvalue weighted by molar-refractivity contribution is -0.137. The smallest absolute Gasteiger partial charge is 0.407 e. The van der Waals surface area contributed by atoms with Crippen LogP contribution in [0.5, 0.6) is 0 Å². The Morgan fingerprint density at radius 2 is 1.79 bits per heavy atom. The third-order valence-corrected chi connectivity index (χ3v) is 3.49. The molecule has 0 fully saturated rings. The van der Waals surface area contributed by atoms with Gasteiger partial charge in [0.2, 0.25) is 0 Å². The molecule has 1 atom stereocenters. The largest absolute Gasteiger partial charge is 0.481 e. The van der Waals surface area contributed by atoms with Gasteiger partial charge in [-0.05, 0) is 43.5 Å². The topological polar surface area (TPSA) is 75.6 Å². The molecule has 128 valence electrons. The van der Waals surface area contributed by atoms with Gasteiger partial charge in [-0.15, -0.1) is 0 Å². The van der Waals surface area contributed by atoms with Crippen LogP contribution in [-0.4, -0.2) is 28.8 Å². The summed E-state index contributed by atoms with van der Waals surface area (Å²) >= 11 is 0. The summed E-state index contributed by atoms with van der Waals surface area (Å²) in [5.41, 5.74) is 0.368. The number of amides is 1. The van der Waals surface area contributed by atoms with Crippen LogP contribution in [0.15, 0.2) is 42.5 Å². The minimum Gasteiger partial charge on any atom is -0.481 e. The van der Waals surface area contributed by atoms with Gasteiger partial charge in [0.05, 0.1) is 6.42 Å². The van der Waals surface area contributed by atoms with Crippen LogP contribution >= 0.6 is 0 Å². The Kier molecular flexibility index (Phi) is 5.44. The van der Waals surface area contributed by atoms with E-state index in [-0.39, 0.29) is 6.42 Å². The van der Waals surface area contributed by atoms with Crippen molar-refractivity contribution in [1.82, 2.24) is 5.32 Å². The number of benzene rings is 2. The molecule has 0 heterocycles. The van der Waals surface area contributed by atoms with E-state index in [0.717, 1.165) is 16.3 Å². The molecule has 1 amide bonds. The molecular formula is C19H23NO4. The first kappa shape index (κ1) is 17.8. The van der Waals surface area contributed by atoms with Crippen molar-refractivity contribution in [3.05, 3.63) is 48.0 Å². The number of carboxylic acid groups (broad SMARTS) is 1. The second-order valence-corrected chi connectivity index (χ2v) is 6.78. The number of fused-ring (bicyclic) bond motifs is 1. The van der Waals surface area contributed by atoms with Crippen molar-refractivity contribution in [2.24, 2.45) is 0 Å². The number of carboxylic acids is 1. The molecule has 0 aliphatic carbocycles. The van der Waals surface area contributed by atoms with Crippen LogP contribution in [0.25, 0.3) is 10.8 Å². The van der Waals surface area contributed by atoms with E-state index >= 15 is 0 Å². The molecule has 0 unspecified atom stereocenters. The van der Waals surface area contributed by atoms with Crippen LogP contribution in [0, 0.1) is 0 Å². The predicted molar refractivity (Wildman–Crippen MR) is 93.1 cm³/mol. The highest BCUT2D eigenvalue weighted by atomic mass is 16.6. The number of carbonyl (C=O) groups excluding carboxylic acids is 1. The third-order valence-electron chi connectivity index (χ3n) is 3.49. The fourth-order valence-corrected chi connectivity index (χ4v) is 2.60. The molecule has 2 aromatic carbocycles. The Morgan fingerprint density at radius 1 is 1.12 bits per heavy atom. The molecule has 0 radical (unpaired) electrons. The minimum atomic E-state index is -0.962. The monoisotopic (exact) mass is 329 g/mol. The number of alkyl carbamates (subject to hydrolysis) is 1. The van der Waals surface area contributed by atoms with Gasteiger partial charge in [0.1, 0.15) is 5.60 Å². The molecule has 0 aromatic heterocycles. The minimum absolute atomic E-state index is 0.164. The zero-order chi connectivity index (χ0) is 17.7. The van der Waals surface area contributed by atoms with E-state index in [1.807, 2.05) is 42.5 Å². The van der Waals surface area contributed by atoms with Gasteiger partial charge in [-0.3, -0.25) is 4.79 Å². The van der Waals surface area contributed by atoms with E-state index in [2.05, 4.69) is 5.32 Å². The summed E-state index contributed by atoms with van der Waals surface area (Å²) in [5, 5.41) is 13.9. The molecule has 2 aromatic rings. The second-order valence-electron chi connectivity index (χ2n) is 6.78. The molecule has 0 bridgehead atoms. The molecule has 0 aliphatic rings. The molecular weight excluding hydrogens is 306 g/mol. The molecule has 2 rings (SSSR count). The number of carbonyl (C=O) groups is 2. The van der Waals surface area contributed by atoms with Crippen molar-refractivity contribution in [1.29, 1.82) is 0 Å².